The number of ether oxygens (including phenoxy) is 1. The quantitative estimate of drug-likeness (QED) is 0.757. The van der Waals surface area contributed by atoms with Crippen LogP contribution in [0.1, 0.15) is 23.2 Å². The van der Waals surface area contributed by atoms with E-state index >= 15 is 0 Å². The van der Waals surface area contributed by atoms with E-state index in [-0.39, 0.29) is 11.8 Å². The highest BCUT2D eigenvalue weighted by atomic mass is 16.5. The Morgan fingerprint density at radius 3 is 2.67 bits per heavy atom. The zero-order valence-electron chi connectivity index (χ0n) is 15.1. The number of methoxy groups -OCH3 is 1. The van der Waals surface area contributed by atoms with Crippen molar-refractivity contribution in [3.8, 4) is 5.75 Å². The molecule has 0 aromatic heterocycles. The molecule has 27 heavy (non-hydrogen) atoms. The molecule has 0 bridgehead atoms. The smallest absolute Gasteiger partial charge is 0.256 e. The van der Waals surface area contributed by atoms with Gasteiger partial charge < -0.3 is 15.0 Å². The number of carbonyl (C=O) groups is 2. The van der Waals surface area contributed by atoms with Crippen LogP contribution < -0.4 is 15.0 Å². The summed E-state index contributed by atoms with van der Waals surface area (Å²) in [5, 5.41) is 4.86. The van der Waals surface area contributed by atoms with Gasteiger partial charge >= 0.3 is 0 Å². The molecule has 1 N–H and O–H groups in total. The van der Waals surface area contributed by atoms with Gasteiger partial charge in [-0.25, -0.2) is 0 Å². The Morgan fingerprint density at radius 2 is 1.89 bits per heavy atom. The van der Waals surface area contributed by atoms with Crippen LogP contribution in [0.5, 0.6) is 5.75 Å². The van der Waals surface area contributed by atoms with Gasteiger partial charge in [-0.05, 0) is 35.4 Å². The molecule has 0 saturated carbocycles. The van der Waals surface area contributed by atoms with Gasteiger partial charge in [0.05, 0.1) is 12.8 Å². The third-order valence-electron chi connectivity index (χ3n) is 4.84. The molecule has 1 aliphatic rings. The molecule has 4 rings (SSSR count). The van der Waals surface area contributed by atoms with Crippen molar-refractivity contribution in [3.63, 3.8) is 0 Å². The number of anilines is 2. The molecule has 1 heterocycles. The van der Waals surface area contributed by atoms with E-state index in [1.807, 2.05) is 48.5 Å². The Morgan fingerprint density at radius 1 is 1.07 bits per heavy atom. The maximum absolute atomic E-state index is 12.8. The van der Waals surface area contributed by atoms with Crippen LogP contribution in [0.15, 0.2) is 60.7 Å². The number of nitrogens with one attached hydrogen (secondary N) is 1. The van der Waals surface area contributed by atoms with E-state index in [1.54, 1.807) is 24.1 Å². The van der Waals surface area contributed by atoms with Gasteiger partial charge in [0, 0.05) is 30.3 Å². The highest BCUT2D eigenvalue weighted by Gasteiger charge is 2.24. The van der Waals surface area contributed by atoms with Crippen LogP contribution in [0, 0.1) is 0 Å². The third-order valence-corrected chi connectivity index (χ3v) is 4.84. The Hall–Kier alpha value is -3.34. The normalized spacial score (nSPS) is 13.8. The Labute approximate surface area is 157 Å². The molecule has 1 fully saturated rings. The molecule has 3 aromatic rings. The van der Waals surface area contributed by atoms with E-state index in [2.05, 4.69) is 5.32 Å². The van der Waals surface area contributed by atoms with Crippen molar-refractivity contribution in [2.45, 2.75) is 12.8 Å². The fourth-order valence-electron chi connectivity index (χ4n) is 3.50. The first kappa shape index (κ1) is 17.1. The van der Waals surface area contributed by atoms with Gasteiger partial charge in [0.2, 0.25) is 5.91 Å². The van der Waals surface area contributed by atoms with Gasteiger partial charge in [0.15, 0.2) is 0 Å². The SMILES string of the molecule is COc1cc(NC(=O)c2cccc3ccccc23)ccc1N1CCCC1=O. The molecule has 136 valence electrons. The van der Waals surface area contributed by atoms with Gasteiger partial charge in [0.25, 0.3) is 5.91 Å². The second-order valence-corrected chi connectivity index (χ2v) is 6.52. The minimum Gasteiger partial charge on any atom is -0.494 e. The first-order valence-electron chi connectivity index (χ1n) is 8.95. The predicted molar refractivity (Wildman–Crippen MR) is 106 cm³/mol. The Bertz CT molecular complexity index is 1020. The average molecular weight is 360 g/mol. The lowest BCUT2D eigenvalue weighted by Crippen LogP contribution is -2.24. The first-order chi connectivity index (χ1) is 13.2. The fraction of sp³-hybridized carbons (Fsp3) is 0.182. The fourth-order valence-corrected chi connectivity index (χ4v) is 3.50. The molecule has 3 aromatic carbocycles. The molecule has 1 saturated heterocycles. The average Bonchev–Trinajstić information content (AvgIpc) is 3.13. The monoisotopic (exact) mass is 360 g/mol. The molecule has 0 aliphatic carbocycles. The molecule has 1 aliphatic heterocycles. The van der Waals surface area contributed by atoms with E-state index in [0.717, 1.165) is 22.9 Å². The lowest BCUT2D eigenvalue weighted by atomic mass is 10.0. The number of hydrogen-bond acceptors (Lipinski definition) is 3. The minimum absolute atomic E-state index is 0.0980. The Kier molecular flexibility index (Phi) is 4.50. The van der Waals surface area contributed by atoms with Gasteiger partial charge in [-0.2, -0.15) is 0 Å². The summed E-state index contributed by atoms with van der Waals surface area (Å²) in [5.41, 5.74) is 1.98. The van der Waals surface area contributed by atoms with Crippen LogP contribution in [0.2, 0.25) is 0 Å². The zero-order valence-corrected chi connectivity index (χ0v) is 15.1. The number of benzene rings is 3. The van der Waals surface area contributed by atoms with Crippen LogP contribution in [-0.2, 0) is 4.79 Å². The summed E-state index contributed by atoms with van der Waals surface area (Å²) in [7, 11) is 1.57. The van der Waals surface area contributed by atoms with Crippen LogP contribution in [0.4, 0.5) is 11.4 Å². The summed E-state index contributed by atoms with van der Waals surface area (Å²) < 4.78 is 5.46. The second-order valence-electron chi connectivity index (χ2n) is 6.52. The van der Waals surface area contributed by atoms with E-state index in [4.69, 9.17) is 4.74 Å². The molecular weight excluding hydrogens is 340 g/mol. The van der Waals surface area contributed by atoms with E-state index in [0.29, 0.717) is 30.0 Å². The minimum atomic E-state index is -0.182. The number of amides is 2. The van der Waals surface area contributed by atoms with Crippen LogP contribution >= 0.6 is 0 Å². The van der Waals surface area contributed by atoms with E-state index < -0.39 is 0 Å². The molecule has 0 radical (unpaired) electrons. The maximum Gasteiger partial charge on any atom is 0.256 e. The van der Waals surface area contributed by atoms with Crippen molar-refractivity contribution in [3.05, 3.63) is 66.2 Å². The number of rotatable bonds is 4. The lowest BCUT2D eigenvalue weighted by Gasteiger charge is -2.19. The number of fused-ring (bicyclic) bond motifs is 1. The highest BCUT2D eigenvalue weighted by Crippen LogP contribution is 2.34. The van der Waals surface area contributed by atoms with Crippen molar-refractivity contribution in [1.82, 2.24) is 0 Å². The molecule has 5 nitrogen and oxygen atoms in total. The second kappa shape index (κ2) is 7.11. The van der Waals surface area contributed by atoms with Crippen molar-refractivity contribution in [2.75, 3.05) is 23.9 Å². The number of hydrogen-bond donors (Lipinski definition) is 1. The predicted octanol–water partition coefficient (Wildman–Crippen LogP) is 4.23. The van der Waals surface area contributed by atoms with Crippen LogP contribution in [0.3, 0.4) is 0 Å². The summed E-state index contributed by atoms with van der Waals surface area (Å²) >= 11 is 0. The number of carbonyl (C=O) groups excluding carboxylic acids is 2. The van der Waals surface area contributed by atoms with Crippen molar-refractivity contribution in [1.29, 1.82) is 0 Å². The van der Waals surface area contributed by atoms with Gasteiger partial charge in [-0.15, -0.1) is 0 Å². The molecule has 0 unspecified atom stereocenters. The topological polar surface area (TPSA) is 58.6 Å². The zero-order chi connectivity index (χ0) is 18.8. The first-order valence-corrected chi connectivity index (χ1v) is 8.95. The van der Waals surface area contributed by atoms with Gasteiger partial charge in [-0.1, -0.05) is 36.4 Å². The van der Waals surface area contributed by atoms with Crippen LogP contribution in [0.25, 0.3) is 10.8 Å². The maximum atomic E-state index is 12.8. The summed E-state index contributed by atoms with van der Waals surface area (Å²) in [6, 6.07) is 18.8. The summed E-state index contributed by atoms with van der Waals surface area (Å²) in [4.78, 5) is 26.6. The van der Waals surface area contributed by atoms with Gasteiger partial charge in [0.1, 0.15) is 5.75 Å². The summed E-state index contributed by atoms with van der Waals surface area (Å²) in [6.07, 6.45) is 1.41. The Balaban J connectivity index is 1.62. The molecule has 0 spiro atoms. The van der Waals surface area contributed by atoms with Crippen molar-refractivity contribution in [2.24, 2.45) is 0 Å². The number of nitrogens with zero attached hydrogens (tertiary/aromatic N) is 1. The van der Waals surface area contributed by atoms with Crippen molar-refractivity contribution >= 4 is 34.0 Å². The summed E-state index contributed by atoms with van der Waals surface area (Å²) in [6.45, 7) is 0.691. The molecule has 2 amide bonds. The highest BCUT2D eigenvalue weighted by molar-refractivity contribution is 6.13. The van der Waals surface area contributed by atoms with Crippen molar-refractivity contribution < 1.29 is 14.3 Å². The summed E-state index contributed by atoms with van der Waals surface area (Å²) in [5.74, 6) is 0.487. The molecule has 5 heteroatoms. The van der Waals surface area contributed by atoms with Gasteiger partial charge in [-0.3, -0.25) is 9.59 Å². The van der Waals surface area contributed by atoms with Crippen LogP contribution in [-0.4, -0.2) is 25.5 Å². The molecular formula is C22H20N2O3. The largest absolute Gasteiger partial charge is 0.494 e. The molecule has 0 atom stereocenters. The third kappa shape index (κ3) is 3.24. The lowest BCUT2D eigenvalue weighted by molar-refractivity contribution is -0.117. The standard InChI is InChI=1S/C22H20N2O3/c1-27-20-14-16(11-12-19(20)24-13-5-10-21(24)25)23-22(26)18-9-4-7-15-6-2-3-8-17(15)18/h2-4,6-9,11-12,14H,5,10,13H2,1H3,(H,23,26). The van der Waals surface area contributed by atoms with E-state index in [1.165, 1.54) is 0 Å². The van der Waals surface area contributed by atoms with E-state index in [9.17, 15) is 9.59 Å².